The van der Waals surface area contributed by atoms with Crippen LogP contribution in [-0.2, 0) is 0 Å². The minimum absolute atomic E-state index is 0.611. The molecular weight excluding hydrogens is 98.1 g/mol. The van der Waals surface area contributed by atoms with Crippen molar-refractivity contribution >= 4 is 0 Å². The number of hydrogen-bond acceptors (Lipinski definition) is 1. The molecule has 2 unspecified atom stereocenters. The fourth-order valence-electron chi connectivity index (χ4n) is 1.54. The molecule has 0 aromatic rings. The zero-order valence-electron chi connectivity index (χ0n) is 5.15. The van der Waals surface area contributed by atoms with E-state index in [1.807, 2.05) is 0 Å². The Hall–Kier alpha value is -0.300. The van der Waals surface area contributed by atoms with Crippen molar-refractivity contribution in [1.82, 2.24) is 5.32 Å². The second kappa shape index (κ2) is 1.16. The van der Waals surface area contributed by atoms with Crippen LogP contribution in [0, 0.1) is 5.41 Å². The number of fused-ring (bicyclic) bond motifs is 1. The maximum atomic E-state index is 3.35. The maximum Gasteiger partial charge on any atom is 0.0354 e. The van der Waals surface area contributed by atoms with E-state index < -0.39 is 0 Å². The average molecular weight is 109 g/mol. The molecule has 0 amide bonds. The third kappa shape index (κ3) is 0.294. The van der Waals surface area contributed by atoms with Gasteiger partial charge in [-0.05, 0) is 6.42 Å². The molecule has 2 rings (SSSR count). The fourth-order valence-corrected chi connectivity index (χ4v) is 1.54. The Morgan fingerprint density at radius 2 is 2.75 bits per heavy atom. The Morgan fingerprint density at radius 1 is 1.88 bits per heavy atom. The molecule has 2 atom stereocenters. The van der Waals surface area contributed by atoms with Crippen molar-refractivity contribution in [1.29, 1.82) is 0 Å². The first kappa shape index (κ1) is 4.57. The number of hydrogen-bond donors (Lipinski definition) is 1. The second-order valence-electron chi connectivity index (χ2n) is 2.80. The molecule has 0 aromatic heterocycles. The molecule has 1 N–H and O–H groups in total. The summed E-state index contributed by atoms with van der Waals surface area (Å²) in [4.78, 5) is 0. The SMILES string of the molecule is CCC12C=CC1NC2. The first-order chi connectivity index (χ1) is 3.87. The van der Waals surface area contributed by atoms with E-state index in [-0.39, 0.29) is 0 Å². The summed E-state index contributed by atoms with van der Waals surface area (Å²) in [5, 5.41) is 3.35. The highest BCUT2D eigenvalue weighted by Crippen LogP contribution is 2.42. The van der Waals surface area contributed by atoms with E-state index in [1.54, 1.807) is 0 Å². The highest BCUT2D eigenvalue weighted by atomic mass is 15.1. The molecule has 44 valence electrons. The molecule has 1 heterocycles. The standard InChI is InChI=1S/C7H11N/c1-2-7-4-3-6(7)8-5-7/h3-4,6,8H,2,5H2,1H3. The predicted octanol–water partition coefficient (Wildman–Crippen LogP) is 0.924. The van der Waals surface area contributed by atoms with E-state index in [1.165, 1.54) is 13.0 Å². The molecule has 1 saturated heterocycles. The fraction of sp³-hybridized carbons (Fsp3) is 0.714. The molecule has 0 bridgehead atoms. The molecule has 1 aliphatic carbocycles. The van der Waals surface area contributed by atoms with Gasteiger partial charge in [-0.2, -0.15) is 0 Å². The minimum atomic E-state index is 0.611. The predicted molar refractivity (Wildman–Crippen MR) is 33.7 cm³/mol. The van der Waals surface area contributed by atoms with Crippen LogP contribution in [0.2, 0.25) is 0 Å². The Bertz CT molecular complexity index is 135. The summed E-state index contributed by atoms with van der Waals surface area (Å²) in [6.07, 6.45) is 5.91. The van der Waals surface area contributed by atoms with Gasteiger partial charge in [-0.15, -0.1) is 0 Å². The van der Waals surface area contributed by atoms with E-state index in [2.05, 4.69) is 24.4 Å². The lowest BCUT2D eigenvalue weighted by molar-refractivity contribution is 0.139. The van der Waals surface area contributed by atoms with E-state index in [0.717, 1.165) is 6.04 Å². The van der Waals surface area contributed by atoms with Crippen molar-refractivity contribution < 1.29 is 0 Å². The van der Waals surface area contributed by atoms with Crippen LogP contribution in [-0.4, -0.2) is 12.6 Å². The molecular formula is C7H11N. The van der Waals surface area contributed by atoms with Crippen LogP contribution in [0.4, 0.5) is 0 Å². The van der Waals surface area contributed by atoms with E-state index in [0.29, 0.717) is 5.41 Å². The van der Waals surface area contributed by atoms with Crippen LogP contribution in [0.1, 0.15) is 13.3 Å². The molecule has 1 heteroatoms. The van der Waals surface area contributed by atoms with Crippen molar-refractivity contribution in [3.8, 4) is 0 Å². The molecule has 8 heavy (non-hydrogen) atoms. The Balaban J connectivity index is 2.18. The molecule has 1 aliphatic heterocycles. The Morgan fingerprint density at radius 3 is 2.75 bits per heavy atom. The van der Waals surface area contributed by atoms with E-state index in [4.69, 9.17) is 0 Å². The topological polar surface area (TPSA) is 12.0 Å². The summed E-state index contributed by atoms with van der Waals surface area (Å²) in [6.45, 7) is 3.47. The highest BCUT2D eigenvalue weighted by Gasteiger charge is 2.46. The van der Waals surface area contributed by atoms with Crippen molar-refractivity contribution in [2.45, 2.75) is 19.4 Å². The lowest BCUT2D eigenvalue weighted by Gasteiger charge is -2.53. The third-order valence-electron chi connectivity index (χ3n) is 2.55. The summed E-state index contributed by atoms with van der Waals surface area (Å²) in [7, 11) is 0. The van der Waals surface area contributed by atoms with Gasteiger partial charge in [0.2, 0.25) is 0 Å². The molecule has 1 fully saturated rings. The van der Waals surface area contributed by atoms with Crippen LogP contribution < -0.4 is 5.32 Å². The second-order valence-corrected chi connectivity index (χ2v) is 2.80. The number of rotatable bonds is 1. The molecule has 0 radical (unpaired) electrons. The quantitative estimate of drug-likeness (QED) is 0.494. The lowest BCUT2D eigenvalue weighted by atomic mass is 9.64. The monoisotopic (exact) mass is 109 g/mol. The normalized spacial score (nSPS) is 49.4. The average Bonchev–Trinajstić information content (AvgIpc) is 1.78. The van der Waals surface area contributed by atoms with Gasteiger partial charge in [-0.3, -0.25) is 0 Å². The van der Waals surface area contributed by atoms with Crippen LogP contribution in [0.3, 0.4) is 0 Å². The first-order valence-corrected chi connectivity index (χ1v) is 3.30. The van der Waals surface area contributed by atoms with Gasteiger partial charge >= 0.3 is 0 Å². The van der Waals surface area contributed by atoms with Crippen molar-refractivity contribution in [2.75, 3.05) is 6.54 Å². The smallest absolute Gasteiger partial charge is 0.0354 e. The van der Waals surface area contributed by atoms with Crippen LogP contribution in [0.15, 0.2) is 12.2 Å². The Kier molecular flexibility index (Phi) is 0.662. The van der Waals surface area contributed by atoms with Crippen molar-refractivity contribution in [3.05, 3.63) is 12.2 Å². The van der Waals surface area contributed by atoms with Gasteiger partial charge in [-0.1, -0.05) is 19.1 Å². The maximum absolute atomic E-state index is 3.35. The summed E-state index contributed by atoms with van der Waals surface area (Å²) in [5.74, 6) is 0. The van der Waals surface area contributed by atoms with Gasteiger partial charge in [0, 0.05) is 18.0 Å². The number of nitrogens with one attached hydrogen (secondary N) is 1. The molecule has 0 saturated carbocycles. The highest BCUT2D eigenvalue weighted by molar-refractivity contribution is 5.29. The third-order valence-corrected chi connectivity index (χ3v) is 2.55. The minimum Gasteiger partial charge on any atom is -0.309 e. The molecule has 0 aromatic carbocycles. The summed E-state index contributed by atoms with van der Waals surface area (Å²) in [5.41, 5.74) is 0.611. The van der Waals surface area contributed by atoms with Crippen LogP contribution in [0.5, 0.6) is 0 Å². The van der Waals surface area contributed by atoms with Gasteiger partial charge in [0.05, 0.1) is 0 Å². The van der Waals surface area contributed by atoms with Crippen LogP contribution in [0.25, 0.3) is 0 Å². The van der Waals surface area contributed by atoms with Gasteiger partial charge in [0.1, 0.15) is 0 Å². The zero-order chi connectivity index (χ0) is 5.61. The first-order valence-electron chi connectivity index (χ1n) is 3.30. The summed E-state index contributed by atoms with van der Waals surface area (Å²) in [6, 6.07) is 0.743. The molecule has 2 aliphatic rings. The summed E-state index contributed by atoms with van der Waals surface area (Å²) < 4.78 is 0. The molecule has 1 nitrogen and oxygen atoms in total. The van der Waals surface area contributed by atoms with Gasteiger partial charge in [0.15, 0.2) is 0 Å². The summed E-state index contributed by atoms with van der Waals surface area (Å²) >= 11 is 0. The van der Waals surface area contributed by atoms with E-state index >= 15 is 0 Å². The van der Waals surface area contributed by atoms with E-state index in [9.17, 15) is 0 Å². The zero-order valence-corrected chi connectivity index (χ0v) is 5.15. The lowest BCUT2D eigenvalue weighted by Crippen LogP contribution is -2.64. The molecule has 0 spiro atoms. The van der Waals surface area contributed by atoms with Crippen molar-refractivity contribution in [3.63, 3.8) is 0 Å². The largest absolute Gasteiger partial charge is 0.309 e. The van der Waals surface area contributed by atoms with Gasteiger partial charge in [-0.25, -0.2) is 0 Å². The van der Waals surface area contributed by atoms with Gasteiger partial charge in [0.25, 0.3) is 0 Å². The van der Waals surface area contributed by atoms with Gasteiger partial charge < -0.3 is 5.32 Å². The Labute approximate surface area is 49.8 Å². The van der Waals surface area contributed by atoms with Crippen LogP contribution >= 0.6 is 0 Å². The van der Waals surface area contributed by atoms with Crippen molar-refractivity contribution in [2.24, 2.45) is 5.41 Å².